The maximum atomic E-state index is 13.3. The van der Waals surface area contributed by atoms with Crippen LogP contribution in [0.2, 0.25) is 0 Å². The number of benzene rings is 2. The number of nitrogens with zero attached hydrogens (tertiary/aromatic N) is 2. The van der Waals surface area contributed by atoms with Crippen LogP contribution in [0.25, 0.3) is 0 Å². The van der Waals surface area contributed by atoms with Crippen LogP contribution < -0.4 is 5.43 Å². The number of hydrogen-bond acceptors (Lipinski definition) is 3. The summed E-state index contributed by atoms with van der Waals surface area (Å²) >= 11 is 1.48. The van der Waals surface area contributed by atoms with Crippen LogP contribution in [0.3, 0.4) is 0 Å². The van der Waals surface area contributed by atoms with Crippen molar-refractivity contribution in [3.63, 3.8) is 0 Å². The molecule has 1 aliphatic heterocycles. The summed E-state index contributed by atoms with van der Waals surface area (Å²) in [5.74, 6) is -1.18. The molecule has 2 aromatic carbocycles. The monoisotopic (exact) mass is 331 g/mol. The second-order valence-corrected chi connectivity index (χ2v) is 6.21. The van der Waals surface area contributed by atoms with E-state index in [1.807, 2.05) is 32.0 Å². The molecule has 3 rings (SSSR count). The highest BCUT2D eigenvalue weighted by molar-refractivity contribution is 8.14. The molecule has 0 aromatic heterocycles. The number of thioether (sulfide) groups is 1. The van der Waals surface area contributed by atoms with Gasteiger partial charge < -0.3 is 0 Å². The van der Waals surface area contributed by atoms with Crippen molar-refractivity contribution in [2.45, 2.75) is 13.8 Å². The fourth-order valence-electron chi connectivity index (χ4n) is 2.28. The molecule has 3 nitrogen and oxygen atoms in total. The Hall–Kier alpha value is -2.21. The van der Waals surface area contributed by atoms with Crippen LogP contribution in [0.4, 0.5) is 14.5 Å². The highest BCUT2D eigenvalue weighted by Crippen LogP contribution is 2.25. The van der Waals surface area contributed by atoms with E-state index >= 15 is 0 Å². The largest absolute Gasteiger partial charge is 0.255 e. The molecule has 0 amide bonds. The predicted molar refractivity (Wildman–Crippen MR) is 91.5 cm³/mol. The zero-order valence-corrected chi connectivity index (χ0v) is 13.5. The number of aryl methyl sites for hydroxylation is 2. The van der Waals surface area contributed by atoms with Gasteiger partial charge in [0.05, 0.1) is 11.4 Å². The fraction of sp³-hybridized carbons (Fsp3) is 0.176. The van der Waals surface area contributed by atoms with Gasteiger partial charge in [0.1, 0.15) is 0 Å². The molecule has 0 aliphatic carbocycles. The van der Waals surface area contributed by atoms with E-state index in [9.17, 15) is 8.78 Å². The van der Waals surface area contributed by atoms with Crippen molar-refractivity contribution in [1.29, 1.82) is 0 Å². The summed E-state index contributed by atoms with van der Waals surface area (Å²) < 4.78 is 26.3. The van der Waals surface area contributed by atoms with Crippen LogP contribution in [-0.4, -0.2) is 16.6 Å². The van der Waals surface area contributed by atoms with E-state index in [1.54, 1.807) is 0 Å². The molecule has 2 aromatic rings. The molecular weight excluding hydrogens is 316 g/mol. The van der Waals surface area contributed by atoms with E-state index in [1.165, 1.54) is 17.8 Å². The number of halogens is 2. The van der Waals surface area contributed by atoms with Gasteiger partial charge in [-0.3, -0.25) is 5.43 Å². The molecule has 0 atom stereocenters. The number of nitrogens with one attached hydrogen (secondary N) is 1. The molecule has 0 saturated heterocycles. The van der Waals surface area contributed by atoms with Gasteiger partial charge in [-0.2, -0.15) is 5.10 Å². The molecule has 0 bridgehead atoms. The summed E-state index contributed by atoms with van der Waals surface area (Å²) in [6.45, 7) is 4.02. The third-order valence-electron chi connectivity index (χ3n) is 3.54. The lowest BCUT2D eigenvalue weighted by Gasteiger charge is -2.15. The number of amidine groups is 1. The lowest BCUT2D eigenvalue weighted by Crippen LogP contribution is -2.25. The van der Waals surface area contributed by atoms with Gasteiger partial charge in [-0.05, 0) is 43.2 Å². The first-order chi connectivity index (χ1) is 11.0. The van der Waals surface area contributed by atoms with Gasteiger partial charge in [0.2, 0.25) is 0 Å². The first-order valence-electron chi connectivity index (χ1n) is 7.10. The molecule has 1 heterocycles. The van der Waals surface area contributed by atoms with Gasteiger partial charge in [-0.25, -0.2) is 13.8 Å². The Balaban J connectivity index is 1.83. The van der Waals surface area contributed by atoms with E-state index in [0.29, 0.717) is 22.2 Å². The zero-order chi connectivity index (χ0) is 16.4. The van der Waals surface area contributed by atoms with E-state index in [4.69, 9.17) is 0 Å². The van der Waals surface area contributed by atoms with Crippen LogP contribution in [0.1, 0.15) is 16.7 Å². The smallest absolute Gasteiger partial charge is 0.182 e. The molecule has 118 valence electrons. The first kappa shape index (κ1) is 15.7. The highest BCUT2D eigenvalue weighted by Gasteiger charge is 2.15. The van der Waals surface area contributed by atoms with Crippen molar-refractivity contribution < 1.29 is 8.78 Å². The van der Waals surface area contributed by atoms with Crippen molar-refractivity contribution in [1.82, 2.24) is 5.43 Å². The molecule has 0 unspecified atom stereocenters. The zero-order valence-electron chi connectivity index (χ0n) is 12.7. The van der Waals surface area contributed by atoms with Gasteiger partial charge in [-0.1, -0.05) is 30.0 Å². The number of aliphatic imine (C=N–C) groups is 1. The van der Waals surface area contributed by atoms with E-state index in [-0.39, 0.29) is 0 Å². The average molecular weight is 331 g/mol. The van der Waals surface area contributed by atoms with Crippen molar-refractivity contribution in [2.75, 3.05) is 5.75 Å². The third-order valence-corrected chi connectivity index (χ3v) is 4.41. The van der Waals surface area contributed by atoms with Gasteiger partial charge in [0.15, 0.2) is 16.8 Å². The fourth-order valence-corrected chi connectivity index (χ4v) is 3.05. The summed E-state index contributed by atoms with van der Waals surface area (Å²) in [5, 5.41) is 4.92. The Bertz CT molecular complexity index is 795. The van der Waals surface area contributed by atoms with Gasteiger partial charge >= 0.3 is 0 Å². The van der Waals surface area contributed by atoms with Crippen molar-refractivity contribution in [3.05, 3.63) is 64.7 Å². The van der Waals surface area contributed by atoms with Gasteiger partial charge in [0.25, 0.3) is 0 Å². The molecular formula is C17H15F2N3S. The quantitative estimate of drug-likeness (QED) is 0.890. The van der Waals surface area contributed by atoms with Crippen molar-refractivity contribution >= 4 is 28.3 Å². The van der Waals surface area contributed by atoms with Crippen LogP contribution >= 0.6 is 11.8 Å². The lowest BCUT2D eigenvalue weighted by molar-refractivity contribution is 0.508. The van der Waals surface area contributed by atoms with E-state index < -0.39 is 11.6 Å². The minimum absolute atomic E-state index is 0.543. The molecule has 0 fully saturated rings. The van der Waals surface area contributed by atoms with Crippen molar-refractivity contribution in [2.24, 2.45) is 10.1 Å². The normalized spacial score (nSPS) is 16.2. The van der Waals surface area contributed by atoms with Crippen LogP contribution in [0.15, 0.2) is 46.5 Å². The Labute approximate surface area is 137 Å². The third kappa shape index (κ3) is 3.42. The number of rotatable bonds is 2. The Morgan fingerprint density at radius 2 is 1.83 bits per heavy atom. The SMILES string of the molecule is Cc1cccc(C)c1N=C1NN=C(c2ccc(F)c(F)c2)CS1. The molecule has 1 N–H and O–H groups in total. The second-order valence-electron chi connectivity index (χ2n) is 5.25. The number of para-hydroxylation sites is 1. The summed E-state index contributed by atoms with van der Waals surface area (Å²) in [6, 6.07) is 9.80. The second kappa shape index (κ2) is 6.50. The lowest BCUT2D eigenvalue weighted by atomic mass is 10.1. The minimum atomic E-state index is -0.870. The Kier molecular flexibility index (Phi) is 4.43. The molecule has 1 aliphatic rings. The summed E-state index contributed by atoms with van der Waals surface area (Å²) in [4.78, 5) is 4.60. The Morgan fingerprint density at radius 3 is 2.43 bits per heavy atom. The maximum Gasteiger partial charge on any atom is 0.182 e. The van der Waals surface area contributed by atoms with Crippen LogP contribution in [0.5, 0.6) is 0 Å². The number of hydrogen-bond donors (Lipinski definition) is 1. The molecule has 0 spiro atoms. The topological polar surface area (TPSA) is 36.8 Å². The van der Waals surface area contributed by atoms with Gasteiger partial charge in [-0.15, -0.1) is 0 Å². The predicted octanol–water partition coefficient (Wildman–Crippen LogP) is 4.31. The highest BCUT2D eigenvalue weighted by atomic mass is 32.2. The van der Waals surface area contributed by atoms with E-state index in [0.717, 1.165) is 28.9 Å². The molecule has 0 saturated carbocycles. The van der Waals surface area contributed by atoms with Crippen LogP contribution in [0, 0.1) is 25.5 Å². The standard InChI is InChI=1S/C17H15F2N3S/c1-10-4-3-5-11(2)16(10)20-17-22-21-15(9-23-17)12-6-7-13(18)14(19)8-12/h3-8H,9H2,1-2H3,(H,20,22). The Morgan fingerprint density at radius 1 is 1.09 bits per heavy atom. The number of hydrazone groups is 1. The summed E-state index contributed by atoms with van der Waals surface area (Å²) in [5.41, 5.74) is 7.23. The average Bonchev–Trinajstić information content (AvgIpc) is 2.54. The summed E-state index contributed by atoms with van der Waals surface area (Å²) in [7, 11) is 0. The first-order valence-corrected chi connectivity index (χ1v) is 8.09. The molecule has 23 heavy (non-hydrogen) atoms. The minimum Gasteiger partial charge on any atom is -0.255 e. The molecule has 6 heteroatoms. The van der Waals surface area contributed by atoms with Crippen molar-refractivity contribution in [3.8, 4) is 0 Å². The summed E-state index contributed by atoms with van der Waals surface area (Å²) in [6.07, 6.45) is 0. The van der Waals surface area contributed by atoms with Gasteiger partial charge in [0, 0.05) is 11.3 Å². The van der Waals surface area contributed by atoms with Crippen LogP contribution in [-0.2, 0) is 0 Å². The molecule has 0 radical (unpaired) electrons. The van der Waals surface area contributed by atoms with E-state index in [2.05, 4.69) is 15.5 Å². The maximum absolute atomic E-state index is 13.3.